The number of hydrogen-bond acceptors (Lipinski definition) is 3. The van der Waals surface area contributed by atoms with E-state index in [1.807, 2.05) is 30.3 Å². The zero-order valence-corrected chi connectivity index (χ0v) is 16.7. The topological polar surface area (TPSA) is 56.2 Å². The van der Waals surface area contributed by atoms with Crippen LogP contribution in [0.4, 0.5) is 0 Å². The molecular weight excluding hydrogens is 350 g/mol. The predicted molar refractivity (Wildman–Crippen MR) is 111 cm³/mol. The molecule has 0 saturated carbocycles. The average molecular weight is 377 g/mol. The third-order valence-electron chi connectivity index (χ3n) is 5.21. The second-order valence-corrected chi connectivity index (χ2v) is 7.87. The van der Waals surface area contributed by atoms with Crippen molar-refractivity contribution in [3.8, 4) is 5.75 Å². The van der Waals surface area contributed by atoms with Crippen LogP contribution in [0.15, 0.2) is 42.5 Å². The molecular formula is C23H27N3O2. The number of rotatable bonds is 6. The van der Waals surface area contributed by atoms with Crippen LogP contribution >= 0.6 is 0 Å². The lowest BCUT2D eigenvalue weighted by molar-refractivity contribution is -0.121. The zero-order chi connectivity index (χ0) is 19.7. The van der Waals surface area contributed by atoms with Crippen LogP contribution in [-0.2, 0) is 24.3 Å². The van der Waals surface area contributed by atoms with Gasteiger partial charge in [0.05, 0.1) is 11.0 Å². The Morgan fingerprint density at radius 1 is 1.29 bits per heavy atom. The van der Waals surface area contributed by atoms with Gasteiger partial charge in [0.25, 0.3) is 0 Å². The number of hydrogen-bond donors (Lipinski definition) is 1. The maximum atomic E-state index is 12.4. The first-order valence-electron chi connectivity index (χ1n) is 10.0. The van der Waals surface area contributed by atoms with Crippen molar-refractivity contribution in [2.24, 2.45) is 0 Å². The summed E-state index contributed by atoms with van der Waals surface area (Å²) >= 11 is 0. The number of ether oxygens (including phenoxy) is 1. The number of carbonyl (C=O) groups is 1. The standard InChI is InChI=1S/C23H27N3O2/c1-15(2)23-25-19-6-4-5-7-20(19)26(23)11-10-22(27)24-14-17-8-9-21-18(13-17)12-16(3)28-21/h4-9,13,15-16H,10-12,14H2,1-3H3,(H,24,27). The van der Waals surface area contributed by atoms with Gasteiger partial charge in [-0.25, -0.2) is 4.98 Å². The van der Waals surface area contributed by atoms with E-state index < -0.39 is 0 Å². The van der Waals surface area contributed by atoms with E-state index in [-0.39, 0.29) is 12.0 Å². The lowest BCUT2D eigenvalue weighted by Gasteiger charge is -2.12. The number of amides is 1. The number of carbonyl (C=O) groups excluding carboxylic acids is 1. The van der Waals surface area contributed by atoms with Crippen molar-refractivity contribution in [3.05, 3.63) is 59.4 Å². The fraction of sp³-hybridized carbons (Fsp3) is 0.391. The third kappa shape index (κ3) is 3.75. The number of aromatic nitrogens is 2. The summed E-state index contributed by atoms with van der Waals surface area (Å²) in [6, 6.07) is 14.3. The molecule has 5 heteroatoms. The van der Waals surface area contributed by atoms with Gasteiger partial charge in [-0.2, -0.15) is 0 Å². The summed E-state index contributed by atoms with van der Waals surface area (Å²) in [6.45, 7) is 7.52. The molecule has 0 saturated heterocycles. The van der Waals surface area contributed by atoms with E-state index in [9.17, 15) is 4.79 Å². The molecule has 1 aromatic heterocycles. The van der Waals surface area contributed by atoms with Crippen LogP contribution in [0.1, 0.15) is 50.1 Å². The molecule has 4 rings (SSSR count). The minimum Gasteiger partial charge on any atom is -0.490 e. The molecule has 28 heavy (non-hydrogen) atoms. The molecule has 2 heterocycles. The van der Waals surface area contributed by atoms with E-state index in [1.54, 1.807) is 0 Å². The highest BCUT2D eigenvalue weighted by molar-refractivity contribution is 5.78. The zero-order valence-electron chi connectivity index (χ0n) is 16.7. The van der Waals surface area contributed by atoms with Crippen LogP contribution in [0, 0.1) is 0 Å². The Kier molecular flexibility index (Phi) is 5.07. The van der Waals surface area contributed by atoms with E-state index in [2.05, 4.69) is 42.8 Å². The fourth-order valence-electron chi connectivity index (χ4n) is 3.86. The van der Waals surface area contributed by atoms with Gasteiger partial charge < -0.3 is 14.6 Å². The normalized spacial score (nSPS) is 15.6. The minimum atomic E-state index is 0.0533. The lowest BCUT2D eigenvalue weighted by atomic mass is 10.1. The van der Waals surface area contributed by atoms with Crippen LogP contribution < -0.4 is 10.1 Å². The van der Waals surface area contributed by atoms with Gasteiger partial charge in [-0.3, -0.25) is 4.79 Å². The van der Waals surface area contributed by atoms with E-state index in [0.29, 0.717) is 25.4 Å². The van der Waals surface area contributed by atoms with Gasteiger partial charge in [-0.05, 0) is 36.2 Å². The van der Waals surface area contributed by atoms with Crippen molar-refractivity contribution in [2.45, 2.75) is 58.7 Å². The molecule has 0 bridgehead atoms. The first-order valence-corrected chi connectivity index (χ1v) is 10.0. The van der Waals surface area contributed by atoms with Crippen molar-refractivity contribution < 1.29 is 9.53 Å². The van der Waals surface area contributed by atoms with Gasteiger partial charge in [-0.1, -0.05) is 38.1 Å². The van der Waals surface area contributed by atoms with Crippen molar-refractivity contribution >= 4 is 16.9 Å². The Hall–Kier alpha value is -2.82. The quantitative estimate of drug-likeness (QED) is 0.701. The first-order chi connectivity index (χ1) is 13.5. The highest BCUT2D eigenvalue weighted by atomic mass is 16.5. The Morgan fingerprint density at radius 2 is 2.11 bits per heavy atom. The maximum Gasteiger partial charge on any atom is 0.222 e. The Bertz CT molecular complexity index is 1010. The van der Waals surface area contributed by atoms with E-state index in [4.69, 9.17) is 9.72 Å². The molecule has 1 unspecified atom stereocenters. The van der Waals surface area contributed by atoms with Gasteiger partial charge in [0.15, 0.2) is 0 Å². The molecule has 146 valence electrons. The average Bonchev–Trinajstić information content (AvgIpc) is 3.23. The highest BCUT2D eigenvalue weighted by Crippen LogP contribution is 2.29. The van der Waals surface area contributed by atoms with Crippen molar-refractivity contribution in [1.82, 2.24) is 14.9 Å². The van der Waals surface area contributed by atoms with Crippen molar-refractivity contribution in [1.29, 1.82) is 0 Å². The molecule has 0 aliphatic carbocycles. The summed E-state index contributed by atoms with van der Waals surface area (Å²) in [5.41, 5.74) is 4.42. The molecule has 2 aromatic carbocycles. The third-order valence-corrected chi connectivity index (χ3v) is 5.21. The Labute approximate surface area is 165 Å². The van der Waals surface area contributed by atoms with Gasteiger partial charge in [0.1, 0.15) is 17.7 Å². The number of fused-ring (bicyclic) bond motifs is 2. The SMILES string of the molecule is CC1Cc2cc(CNC(=O)CCn3c(C(C)C)nc4ccccc43)ccc2O1. The number of para-hydroxylation sites is 2. The first kappa shape index (κ1) is 18.5. The molecule has 1 N–H and O–H groups in total. The second-order valence-electron chi connectivity index (χ2n) is 7.87. The summed E-state index contributed by atoms with van der Waals surface area (Å²) in [6.07, 6.45) is 1.61. The second kappa shape index (κ2) is 7.66. The summed E-state index contributed by atoms with van der Waals surface area (Å²) in [5.74, 6) is 2.36. The molecule has 0 radical (unpaired) electrons. The number of nitrogens with one attached hydrogen (secondary N) is 1. The fourth-order valence-corrected chi connectivity index (χ4v) is 3.86. The number of imidazole rings is 1. The summed E-state index contributed by atoms with van der Waals surface area (Å²) in [4.78, 5) is 17.2. The molecule has 1 aliphatic rings. The number of benzene rings is 2. The maximum absolute atomic E-state index is 12.4. The molecule has 1 aliphatic heterocycles. The van der Waals surface area contributed by atoms with Crippen LogP contribution in [0.25, 0.3) is 11.0 Å². The predicted octanol–water partition coefficient (Wildman–Crippen LogP) is 4.19. The smallest absolute Gasteiger partial charge is 0.222 e. The molecule has 1 atom stereocenters. The summed E-state index contributed by atoms with van der Waals surface area (Å²) in [5, 5.41) is 3.05. The largest absolute Gasteiger partial charge is 0.490 e. The van der Waals surface area contributed by atoms with Gasteiger partial charge >= 0.3 is 0 Å². The number of aryl methyl sites for hydroxylation is 1. The van der Waals surface area contributed by atoms with Crippen LogP contribution in [0.2, 0.25) is 0 Å². The monoisotopic (exact) mass is 377 g/mol. The van der Waals surface area contributed by atoms with E-state index in [1.165, 1.54) is 5.56 Å². The van der Waals surface area contributed by atoms with E-state index in [0.717, 1.165) is 34.6 Å². The lowest BCUT2D eigenvalue weighted by Crippen LogP contribution is -2.24. The minimum absolute atomic E-state index is 0.0533. The Morgan fingerprint density at radius 3 is 2.93 bits per heavy atom. The highest BCUT2D eigenvalue weighted by Gasteiger charge is 2.19. The van der Waals surface area contributed by atoms with Crippen LogP contribution in [-0.4, -0.2) is 21.6 Å². The van der Waals surface area contributed by atoms with Gasteiger partial charge in [0.2, 0.25) is 5.91 Å². The van der Waals surface area contributed by atoms with Crippen LogP contribution in [0.5, 0.6) is 5.75 Å². The summed E-state index contributed by atoms with van der Waals surface area (Å²) in [7, 11) is 0. The van der Waals surface area contributed by atoms with Gasteiger partial charge in [-0.15, -0.1) is 0 Å². The molecule has 5 nitrogen and oxygen atoms in total. The molecule has 1 amide bonds. The molecule has 3 aromatic rings. The van der Waals surface area contributed by atoms with Crippen LogP contribution in [0.3, 0.4) is 0 Å². The molecule has 0 fully saturated rings. The van der Waals surface area contributed by atoms with Crippen molar-refractivity contribution in [3.63, 3.8) is 0 Å². The van der Waals surface area contributed by atoms with Crippen molar-refractivity contribution in [2.75, 3.05) is 0 Å². The Balaban J connectivity index is 1.38. The number of nitrogens with zero attached hydrogens (tertiary/aromatic N) is 2. The summed E-state index contributed by atoms with van der Waals surface area (Å²) < 4.78 is 7.91. The molecule has 0 spiro atoms. The van der Waals surface area contributed by atoms with Gasteiger partial charge in [0, 0.05) is 31.8 Å². The van der Waals surface area contributed by atoms with E-state index >= 15 is 0 Å².